The number of hydrogen-bond acceptors (Lipinski definition) is 11. The Hall–Kier alpha value is -5.88. The van der Waals surface area contributed by atoms with E-state index in [-0.39, 0.29) is 65.0 Å². The van der Waals surface area contributed by atoms with Crippen LogP contribution in [-0.4, -0.2) is 86.9 Å². The van der Waals surface area contributed by atoms with Crippen molar-refractivity contribution >= 4 is 33.5 Å². The fourth-order valence-corrected chi connectivity index (χ4v) is 8.30. The second kappa shape index (κ2) is 13.0. The average molecular weight is 685 g/mol. The molecule has 0 radical (unpaired) electrons. The zero-order valence-corrected chi connectivity index (χ0v) is 27.6. The Kier molecular flexibility index (Phi) is 8.74. The first kappa shape index (κ1) is 33.0. The molecule has 2 aliphatic rings. The minimum absolute atomic E-state index is 0.0462. The van der Waals surface area contributed by atoms with Crippen molar-refractivity contribution in [2.24, 2.45) is 0 Å². The number of hydrogen-bond donors (Lipinski definition) is 1. The molecule has 2 aliphatic heterocycles. The third kappa shape index (κ3) is 5.30. The van der Waals surface area contributed by atoms with E-state index in [4.69, 9.17) is 14.2 Å². The van der Waals surface area contributed by atoms with Crippen molar-refractivity contribution in [2.45, 2.75) is 23.3 Å². The lowest BCUT2D eigenvalue weighted by Crippen LogP contribution is -2.66. The van der Waals surface area contributed by atoms with Crippen molar-refractivity contribution in [3.8, 4) is 23.3 Å². The molecule has 0 spiro atoms. The van der Waals surface area contributed by atoms with Crippen LogP contribution in [0.3, 0.4) is 0 Å². The largest absolute Gasteiger partial charge is 0.497 e. The molecule has 2 amide bonds. The van der Waals surface area contributed by atoms with E-state index in [0.717, 1.165) is 4.90 Å². The molecule has 3 aromatic carbocycles. The van der Waals surface area contributed by atoms with E-state index < -0.39 is 33.5 Å². The molecule has 49 heavy (non-hydrogen) atoms. The van der Waals surface area contributed by atoms with Gasteiger partial charge in [0.15, 0.2) is 0 Å². The monoisotopic (exact) mass is 684 g/mol. The lowest BCUT2D eigenvalue weighted by Gasteiger charge is -2.48. The predicted octanol–water partition coefficient (Wildman–Crippen LogP) is 3.65. The van der Waals surface area contributed by atoms with Gasteiger partial charge in [-0.3, -0.25) is 9.78 Å². The van der Waals surface area contributed by atoms with E-state index in [1.807, 2.05) is 0 Å². The average Bonchev–Trinajstić information content (AvgIpc) is 3.39. The summed E-state index contributed by atoms with van der Waals surface area (Å²) < 4.78 is 47.0. The Labute approximate surface area is 282 Å². The van der Waals surface area contributed by atoms with Gasteiger partial charge in [0, 0.05) is 49.2 Å². The first-order valence-corrected chi connectivity index (χ1v) is 16.7. The lowest BCUT2D eigenvalue weighted by atomic mass is 9.68. The number of benzene rings is 3. The number of rotatable bonds is 9. The van der Waals surface area contributed by atoms with Gasteiger partial charge in [0.25, 0.3) is 15.9 Å². The van der Waals surface area contributed by atoms with Crippen LogP contribution in [0.2, 0.25) is 0 Å². The maximum Gasteiger partial charge on any atom is 0.407 e. The maximum absolute atomic E-state index is 15.6. The van der Waals surface area contributed by atoms with E-state index in [1.165, 1.54) is 69.2 Å². The molecule has 0 saturated carbocycles. The number of piperazine rings is 1. The molecule has 252 valence electrons. The highest BCUT2D eigenvalue weighted by atomic mass is 32.2. The fraction of sp³-hybridized carbons (Fsp3) is 0.265. The second-order valence-corrected chi connectivity index (χ2v) is 12.9. The van der Waals surface area contributed by atoms with Gasteiger partial charge in [0.05, 0.1) is 50.4 Å². The van der Waals surface area contributed by atoms with Crippen LogP contribution in [0.1, 0.15) is 23.6 Å². The first-order chi connectivity index (χ1) is 23.6. The minimum Gasteiger partial charge on any atom is -0.497 e. The molecule has 4 aromatic rings. The molecule has 1 saturated heterocycles. The number of aromatic nitrogens is 2. The minimum atomic E-state index is -4.76. The van der Waals surface area contributed by atoms with Crippen molar-refractivity contribution in [1.82, 2.24) is 14.9 Å². The van der Waals surface area contributed by atoms with Crippen LogP contribution in [0.25, 0.3) is 0 Å². The number of nitrogens with zero attached hydrogens (tertiary/aromatic N) is 6. The smallest absolute Gasteiger partial charge is 0.407 e. The number of para-hydroxylation sites is 1. The lowest BCUT2D eigenvalue weighted by molar-refractivity contribution is -0.122. The van der Waals surface area contributed by atoms with Gasteiger partial charge in [-0.2, -0.15) is 5.26 Å². The van der Waals surface area contributed by atoms with Crippen LogP contribution in [0, 0.1) is 11.3 Å². The summed E-state index contributed by atoms with van der Waals surface area (Å²) in [7, 11) is -2.04. The van der Waals surface area contributed by atoms with Gasteiger partial charge in [0.2, 0.25) is 0 Å². The molecule has 3 heterocycles. The molecule has 1 aromatic heterocycles. The summed E-state index contributed by atoms with van der Waals surface area (Å²) in [5.74, 6) is -0.0244. The molecule has 1 fully saturated rings. The van der Waals surface area contributed by atoms with Crippen molar-refractivity contribution in [1.29, 1.82) is 5.26 Å². The van der Waals surface area contributed by atoms with Gasteiger partial charge < -0.3 is 29.1 Å². The predicted molar refractivity (Wildman–Crippen MR) is 177 cm³/mol. The summed E-state index contributed by atoms with van der Waals surface area (Å²) in [6, 6.07) is 15.8. The Morgan fingerprint density at radius 2 is 1.84 bits per heavy atom. The Bertz CT molecular complexity index is 2070. The fourth-order valence-electron chi connectivity index (χ4n) is 6.69. The van der Waals surface area contributed by atoms with Crippen LogP contribution in [0.15, 0.2) is 84.1 Å². The van der Waals surface area contributed by atoms with Gasteiger partial charge in [-0.05, 0) is 43.3 Å². The highest BCUT2D eigenvalue weighted by Gasteiger charge is 2.64. The van der Waals surface area contributed by atoms with Crippen LogP contribution in [0.4, 0.5) is 16.3 Å². The molecular weight excluding hydrogens is 652 g/mol. The summed E-state index contributed by atoms with van der Waals surface area (Å²) in [6.45, 7) is 2.02. The van der Waals surface area contributed by atoms with Gasteiger partial charge in [-0.25, -0.2) is 22.5 Å². The molecule has 0 bridgehead atoms. The zero-order valence-electron chi connectivity index (χ0n) is 26.8. The van der Waals surface area contributed by atoms with Crippen molar-refractivity contribution < 1.29 is 37.3 Å². The van der Waals surface area contributed by atoms with Crippen molar-refractivity contribution in [3.63, 3.8) is 0 Å². The molecule has 1 N–H and O–H groups in total. The number of sulfonamides is 1. The van der Waals surface area contributed by atoms with E-state index in [0.29, 0.717) is 15.9 Å². The van der Waals surface area contributed by atoms with Gasteiger partial charge in [-0.15, -0.1) is 0 Å². The third-order valence-electron chi connectivity index (χ3n) is 8.79. The Morgan fingerprint density at radius 1 is 1.04 bits per heavy atom. The van der Waals surface area contributed by atoms with Crippen LogP contribution in [-0.2, 0) is 20.2 Å². The third-order valence-corrected chi connectivity index (χ3v) is 10.5. The molecule has 14 nitrogen and oxygen atoms in total. The number of amides is 2. The van der Waals surface area contributed by atoms with E-state index in [9.17, 15) is 23.6 Å². The summed E-state index contributed by atoms with van der Waals surface area (Å²) in [6.07, 6.45) is 3.21. The number of nitriles is 1. The van der Waals surface area contributed by atoms with E-state index >= 15 is 4.79 Å². The molecule has 0 aliphatic carbocycles. The van der Waals surface area contributed by atoms with Crippen molar-refractivity contribution in [2.75, 3.05) is 49.7 Å². The Morgan fingerprint density at radius 3 is 2.51 bits per heavy atom. The summed E-state index contributed by atoms with van der Waals surface area (Å²) >= 11 is 0. The number of carbonyl (C=O) groups is 2. The number of fused-ring (bicyclic) bond motifs is 1. The van der Waals surface area contributed by atoms with Crippen molar-refractivity contribution in [3.05, 3.63) is 95.9 Å². The van der Waals surface area contributed by atoms with Crippen LogP contribution < -0.4 is 23.4 Å². The summed E-state index contributed by atoms with van der Waals surface area (Å²) in [4.78, 5) is 39.8. The maximum atomic E-state index is 15.6. The van der Waals surface area contributed by atoms with E-state index in [2.05, 4.69) is 16.0 Å². The molecule has 2 atom stereocenters. The second-order valence-electron chi connectivity index (χ2n) is 11.2. The van der Waals surface area contributed by atoms with Crippen LogP contribution >= 0.6 is 0 Å². The van der Waals surface area contributed by atoms with Gasteiger partial charge in [0.1, 0.15) is 33.4 Å². The number of carbonyl (C=O) groups excluding carboxylic acids is 1. The summed E-state index contributed by atoms with van der Waals surface area (Å²) in [5.41, 5.74) is -1.60. The highest BCUT2D eigenvalue weighted by molar-refractivity contribution is 7.93. The molecule has 15 heteroatoms. The van der Waals surface area contributed by atoms with Gasteiger partial charge >= 0.3 is 6.09 Å². The molecule has 2 unspecified atom stereocenters. The number of ether oxygens (including phenoxy) is 3. The topological polar surface area (TPSA) is 175 Å². The van der Waals surface area contributed by atoms with E-state index in [1.54, 1.807) is 36.1 Å². The number of carboxylic acid groups (broad SMARTS) is 1. The quantitative estimate of drug-likeness (QED) is 0.271. The van der Waals surface area contributed by atoms with Crippen LogP contribution in [0.5, 0.6) is 17.2 Å². The number of methoxy groups -OCH3 is 2. The van der Waals surface area contributed by atoms with Gasteiger partial charge in [-0.1, -0.05) is 18.2 Å². The Balaban J connectivity index is 1.69. The molecular formula is C34H32N6O8S. The normalized spacial score (nSPS) is 18.9. The summed E-state index contributed by atoms with van der Waals surface area (Å²) in [5, 5.41) is 20.7. The SMILES string of the molecule is CCOc1ccccc1C1(C2CN(c3cnccn3)CCN2C(=O)O)C(=O)N(S(=O)(=O)c2ccc(OC)cc2OC)c2ccc(C#N)cc21. The standard InChI is InChI=1S/C34H32N6O8S/c1-4-48-27-8-6-5-7-24(27)34(30-21-38(15-16-39(30)33(42)43)31-20-36-13-14-37-31)25-17-22(19-35)9-11-26(25)40(32(34)41)49(44,45)29-12-10-23(46-2)18-28(29)47-3/h5-14,17-18,20,30H,4,15-16,21H2,1-3H3,(H,42,43). The highest BCUT2D eigenvalue weighted by Crippen LogP contribution is 2.55. The molecule has 6 rings (SSSR count). The first-order valence-electron chi connectivity index (χ1n) is 15.2. The number of anilines is 2. The zero-order chi connectivity index (χ0) is 34.9.